The van der Waals surface area contributed by atoms with Crippen LogP contribution in [0.5, 0.6) is 0 Å². The van der Waals surface area contributed by atoms with Crippen molar-refractivity contribution >= 4 is 11.5 Å². The molecule has 1 atom stereocenters. The molecule has 0 bridgehead atoms. The van der Waals surface area contributed by atoms with E-state index in [4.69, 9.17) is 0 Å². The Kier molecular flexibility index (Phi) is 3.20. The molecule has 102 valence electrons. The van der Waals surface area contributed by atoms with E-state index in [1.807, 2.05) is 6.07 Å². The van der Waals surface area contributed by atoms with Gasteiger partial charge < -0.3 is 10.2 Å². The Morgan fingerprint density at radius 1 is 1.53 bits per heavy atom. The van der Waals surface area contributed by atoms with Gasteiger partial charge in [-0.3, -0.25) is 0 Å². The predicted octanol–water partition coefficient (Wildman–Crippen LogP) is 0.314. The largest absolute Gasteiger partial charge is 0.365 e. The summed E-state index contributed by atoms with van der Waals surface area (Å²) in [5.41, 5.74) is 0.229. The molecule has 0 aromatic carbocycles. The number of piperidine rings is 1. The van der Waals surface area contributed by atoms with Crippen molar-refractivity contribution in [2.24, 2.45) is 0 Å². The number of nitrogens with zero attached hydrogens (tertiary/aromatic N) is 4. The molecule has 1 fully saturated rings. The Bertz CT molecular complexity index is 618. The first-order valence-corrected chi connectivity index (χ1v) is 6.69. The van der Waals surface area contributed by atoms with Gasteiger partial charge in [-0.1, -0.05) is 6.92 Å². The zero-order chi connectivity index (χ0) is 13.2. The van der Waals surface area contributed by atoms with Crippen LogP contribution in [0.15, 0.2) is 16.9 Å². The highest BCUT2D eigenvalue weighted by molar-refractivity contribution is 5.43. The maximum atomic E-state index is 11.5. The molecular weight excluding hydrogens is 244 g/mol. The SMILES string of the molecule is CCN1CCCC(Nc2ccc3n[nH]c(=O)n3n2)C1. The number of nitrogens with one attached hydrogen (secondary N) is 2. The van der Waals surface area contributed by atoms with Gasteiger partial charge in [-0.15, -0.1) is 5.10 Å². The smallest absolute Gasteiger partial charge is 0.364 e. The summed E-state index contributed by atoms with van der Waals surface area (Å²) in [4.78, 5) is 13.9. The second-order valence-corrected chi connectivity index (χ2v) is 4.89. The number of hydrogen-bond donors (Lipinski definition) is 2. The summed E-state index contributed by atoms with van der Waals surface area (Å²) in [6.45, 7) is 5.45. The summed E-state index contributed by atoms with van der Waals surface area (Å²) in [6, 6.07) is 4.04. The topological polar surface area (TPSA) is 78.3 Å². The van der Waals surface area contributed by atoms with Crippen LogP contribution in [0.2, 0.25) is 0 Å². The number of fused-ring (bicyclic) bond motifs is 1. The number of likely N-dealkylation sites (tertiary alicyclic amines) is 1. The molecule has 1 saturated heterocycles. The first-order chi connectivity index (χ1) is 9.26. The van der Waals surface area contributed by atoms with E-state index in [-0.39, 0.29) is 5.69 Å². The van der Waals surface area contributed by atoms with Gasteiger partial charge in [0, 0.05) is 12.6 Å². The van der Waals surface area contributed by atoms with Gasteiger partial charge in [0.15, 0.2) is 5.65 Å². The van der Waals surface area contributed by atoms with Gasteiger partial charge in [0.2, 0.25) is 0 Å². The fraction of sp³-hybridized carbons (Fsp3) is 0.583. The summed E-state index contributed by atoms with van der Waals surface area (Å²) in [5.74, 6) is 0.721. The van der Waals surface area contributed by atoms with Crippen LogP contribution in [0.3, 0.4) is 0 Å². The minimum Gasteiger partial charge on any atom is -0.365 e. The highest BCUT2D eigenvalue weighted by Gasteiger charge is 2.18. The van der Waals surface area contributed by atoms with E-state index in [9.17, 15) is 4.79 Å². The molecule has 1 aliphatic heterocycles. The van der Waals surface area contributed by atoms with E-state index in [0.717, 1.165) is 25.3 Å². The fourth-order valence-electron chi connectivity index (χ4n) is 2.55. The molecule has 2 N–H and O–H groups in total. The van der Waals surface area contributed by atoms with E-state index >= 15 is 0 Å². The Morgan fingerprint density at radius 3 is 3.26 bits per heavy atom. The lowest BCUT2D eigenvalue weighted by molar-refractivity contribution is 0.226. The molecule has 0 spiro atoms. The molecule has 7 heteroatoms. The van der Waals surface area contributed by atoms with Crippen molar-refractivity contribution < 1.29 is 0 Å². The summed E-state index contributed by atoms with van der Waals surface area (Å²) < 4.78 is 1.28. The number of aromatic nitrogens is 4. The normalized spacial score (nSPS) is 20.8. The predicted molar refractivity (Wildman–Crippen MR) is 72.4 cm³/mol. The second-order valence-electron chi connectivity index (χ2n) is 4.89. The zero-order valence-corrected chi connectivity index (χ0v) is 11.0. The Hall–Kier alpha value is -1.89. The Balaban J connectivity index is 1.77. The van der Waals surface area contributed by atoms with Gasteiger partial charge in [0.1, 0.15) is 5.82 Å². The van der Waals surface area contributed by atoms with Crippen LogP contribution in [0.1, 0.15) is 19.8 Å². The third kappa shape index (κ3) is 2.46. The van der Waals surface area contributed by atoms with Crippen molar-refractivity contribution in [1.82, 2.24) is 24.7 Å². The van der Waals surface area contributed by atoms with Gasteiger partial charge in [-0.05, 0) is 38.1 Å². The van der Waals surface area contributed by atoms with Crippen LogP contribution in [-0.2, 0) is 0 Å². The van der Waals surface area contributed by atoms with Crippen molar-refractivity contribution in [2.45, 2.75) is 25.8 Å². The van der Waals surface area contributed by atoms with Crippen molar-refractivity contribution in [3.63, 3.8) is 0 Å². The minimum absolute atomic E-state index is 0.308. The van der Waals surface area contributed by atoms with Crippen molar-refractivity contribution in [3.05, 3.63) is 22.6 Å². The standard InChI is InChI=1S/C12H18N6O/c1-2-17-7-3-4-9(8-17)13-10-5-6-11-14-15-12(19)18(11)16-10/h5-6,9H,2-4,7-8H2,1H3,(H,13,16)(H,15,19). The van der Waals surface area contributed by atoms with Crippen LogP contribution < -0.4 is 11.0 Å². The number of likely N-dealkylation sites (N-methyl/N-ethyl adjacent to an activating group) is 1. The third-order valence-electron chi connectivity index (χ3n) is 3.58. The maximum absolute atomic E-state index is 11.5. The average molecular weight is 262 g/mol. The zero-order valence-electron chi connectivity index (χ0n) is 11.0. The van der Waals surface area contributed by atoms with Crippen LogP contribution in [0, 0.1) is 0 Å². The van der Waals surface area contributed by atoms with Gasteiger partial charge in [-0.2, -0.15) is 9.61 Å². The molecule has 3 heterocycles. The minimum atomic E-state index is -0.308. The van der Waals surface area contributed by atoms with Crippen molar-refractivity contribution in [2.75, 3.05) is 25.0 Å². The molecular formula is C12H18N6O. The molecule has 0 aliphatic carbocycles. The number of anilines is 1. The molecule has 1 aliphatic rings. The van der Waals surface area contributed by atoms with Crippen LogP contribution in [0.4, 0.5) is 5.82 Å². The first kappa shape index (κ1) is 12.2. The average Bonchev–Trinajstić information content (AvgIpc) is 2.80. The number of aromatic amines is 1. The van der Waals surface area contributed by atoms with E-state index < -0.39 is 0 Å². The van der Waals surface area contributed by atoms with E-state index in [2.05, 4.69) is 32.4 Å². The number of H-pyrrole nitrogens is 1. The third-order valence-corrected chi connectivity index (χ3v) is 3.58. The lowest BCUT2D eigenvalue weighted by Crippen LogP contribution is -2.42. The molecule has 7 nitrogen and oxygen atoms in total. The highest BCUT2D eigenvalue weighted by atomic mass is 16.2. The van der Waals surface area contributed by atoms with Gasteiger partial charge in [-0.25, -0.2) is 9.89 Å². The maximum Gasteiger partial charge on any atom is 0.364 e. The molecule has 1 unspecified atom stereocenters. The van der Waals surface area contributed by atoms with Crippen molar-refractivity contribution in [1.29, 1.82) is 0 Å². The van der Waals surface area contributed by atoms with E-state index in [0.29, 0.717) is 11.7 Å². The fourth-order valence-corrected chi connectivity index (χ4v) is 2.55. The summed E-state index contributed by atoms with van der Waals surface area (Å²) in [7, 11) is 0. The molecule has 0 radical (unpaired) electrons. The quantitative estimate of drug-likeness (QED) is 0.832. The van der Waals surface area contributed by atoms with Crippen LogP contribution in [0.25, 0.3) is 5.65 Å². The Labute approximate surface area is 110 Å². The van der Waals surface area contributed by atoms with Gasteiger partial charge >= 0.3 is 5.69 Å². The number of hydrogen-bond acceptors (Lipinski definition) is 5. The molecule has 19 heavy (non-hydrogen) atoms. The van der Waals surface area contributed by atoms with Gasteiger partial charge in [0.05, 0.1) is 0 Å². The van der Waals surface area contributed by atoms with E-state index in [1.165, 1.54) is 17.5 Å². The van der Waals surface area contributed by atoms with E-state index in [1.54, 1.807) is 6.07 Å². The summed E-state index contributed by atoms with van der Waals surface area (Å²) in [6.07, 6.45) is 2.33. The van der Waals surface area contributed by atoms with Crippen LogP contribution in [-0.4, -0.2) is 50.4 Å². The van der Waals surface area contributed by atoms with Crippen LogP contribution >= 0.6 is 0 Å². The molecule has 0 amide bonds. The first-order valence-electron chi connectivity index (χ1n) is 6.69. The molecule has 2 aromatic heterocycles. The number of rotatable bonds is 3. The lowest BCUT2D eigenvalue weighted by Gasteiger charge is -2.32. The second kappa shape index (κ2) is 5.00. The van der Waals surface area contributed by atoms with Gasteiger partial charge in [0.25, 0.3) is 0 Å². The van der Waals surface area contributed by atoms with Crippen molar-refractivity contribution in [3.8, 4) is 0 Å². The molecule has 3 rings (SSSR count). The highest BCUT2D eigenvalue weighted by Crippen LogP contribution is 2.14. The lowest BCUT2D eigenvalue weighted by atomic mass is 10.1. The molecule has 0 saturated carbocycles. The summed E-state index contributed by atoms with van der Waals surface area (Å²) in [5, 5.41) is 13.9. The Morgan fingerprint density at radius 2 is 2.42 bits per heavy atom. The monoisotopic (exact) mass is 262 g/mol. The summed E-state index contributed by atoms with van der Waals surface area (Å²) >= 11 is 0. The molecule has 2 aromatic rings.